The zero-order valence-electron chi connectivity index (χ0n) is 11.5. The molecule has 0 bridgehead atoms. The number of nitrogens with two attached hydrogens (primary N) is 1. The first kappa shape index (κ1) is 12.5. The van der Waals surface area contributed by atoms with Crippen LogP contribution in [0.15, 0.2) is 18.5 Å². The molecule has 1 aliphatic rings. The second-order valence-electron chi connectivity index (χ2n) is 5.53. The van der Waals surface area contributed by atoms with Crippen molar-refractivity contribution in [3.8, 4) is 0 Å². The summed E-state index contributed by atoms with van der Waals surface area (Å²) in [6.07, 6.45) is 9.91. The maximum atomic E-state index is 6.16. The molecule has 2 aromatic rings. The molecule has 3 rings (SSSR count). The molecule has 0 aromatic carbocycles. The highest BCUT2D eigenvalue weighted by Crippen LogP contribution is 2.28. The highest BCUT2D eigenvalue weighted by molar-refractivity contribution is 5.28. The lowest BCUT2D eigenvalue weighted by molar-refractivity contribution is 0.531. The predicted molar refractivity (Wildman–Crippen MR) is 75.9 cm³/mol. The highest BCUT2D eigenvalue weighted by atomic mass is 15.1. The largest absolute Gasteiger partial charge is 0.351 e. The van der Waals surface area contributed by atoms with Crippen LogP contribution in [0, 0.1) is 6.92 Å². The van der Waals surface area contributed by atoms with Gasteiger partial charge in [-0.25, -0.2) is 0 Å². The van der Waals surface area contributed by atoms with Crippen molar-refractivity contribution in [3.05, 3.63) is 41.0 Å². The normalized spacial score (nSPS) is 18.5. The molecule has 4 heteroatoms. The SMILES string of the molecule is Cc1[nH]ncc1CCCn1ccc2c1CCCC2N. The van der Waals surface area contributed by atoms with Crippen LogP contribution in [0.2, 0.25) is 0 Å². The molecule has 102 valence electrons. The van der Waals surface area contributed by atoms with E-state index in [1.807, 2.05) is 6.20 Å². The van der Waals surface area contributed by atoms with Gasteiger partial charge in [0.2, 0.25) is 0 Å². The molecule has 4 nitrogen and oxygen atoms in total. The number of hydrogen-bond acceptors (Lipinski definition) is 2. The summed E-state index contributed by atoms with van der Waals surface area (Å²) in [6, 6.07) is 2.46. The molecule has 2 aromatic heterocycles. The van der Waals surface area contributed by atoms with Crippen LogP contribution in [-0.2, 0) is 19.4 Å². The van der Waals surface area contributed by atoms with E-state index in [9.17, 15) is 0 Å². The molecule has 3 N–H and O–H groups in total. The van der Waals surface area contributed by atoms with Crippen LogP contribution in [0.3, 0.4) is 0 Å². The predicted octanol–water partition coefficient (Wildman–Crippen LogP) is 2.49. The van der Waals surface area contributed by atoms with Crippen LogP contribution in [0.1, 0.15) is 47.8 Å². The van der Waals surface area contributed by atoms with Crippen molar-refractivity contribution in [2.75, 3.05) is 0 Å². The number of aromatic nitrogens is 3. The summed E-state index contributed by atoms with van der Waals surface area (Å²) in [5.74, 6) is 0. The molecule has 0 fully saturated rings. The van der Waals surface area contributed by atoms with E-state index in [1.54, 1.807) is 0 Å². The third-order valence-electron chi connectivity index (χ3n) is 4.22. The summed E-state index contributed by atoms with van der Waals surface area (Å²) >= 11 is 0. The first-order valence-electron chi connectivity index (χ1n) is 7.18. The molecule has 1 atom stereocenters. The second-order valence-corrected chi connectivity index (χ2v) is 5.53. The number of nitrogens with one attached hydrogen (secondary N) is 1. The van der Waals surface area contributed by atoms with E-state index in [0.717, 1.165) is 25.8 Å². The zero-order valence-corrected chi connectivity index (χ0v) is 11.5. The van der Waals surface area contributed by atoms with Crippen LogP contribution < -0.4 is 5.73 Å². The number of rotatable bonds is 4. The van der Waals surface area contributed by atoms with E-state index in [1.165, 1.54) is 35.4 Å². The van der Waals surface area contributed by atoms with Crippen LogP contribution in [-0.4, -0.2) is 14.8 Å². The standard InChI is InChI=1S/C15H22N4/c1-11-12(10-17-18-11)4-3-8-19-9-7-13-14(16)5-2-6-15(13)19/h7,9-10,14H,2-6,8,16H2,1H3,(H,17,18). The quantitative estimate of drug-likeness (QED) is 0.885. The molecule has 2 heterocycles. The fraction of sp³-hybridized carbons (Fsp3) is 0.533. The van der Waals surface area contributed by atoms with Crippen LogP contribution in [0.4, 0.5) is 0 Å². The molecule has 0 saturated heterocycles. The van der Waals surface area contributed by atoms with Gasteiger partial charge >= 0.3 is 0 Å². The van der Waals surface area contributed by atoms with E-state index in [-0.39, 0.29) is 6.04 Å². The Morgan fingerprint density at radius 3 is 3.21 bits per heavy atom. The third kappa shape index (κ3) is 2.45. The lowest BCUT2D eigenvalue weighted by Gasteiger charge is -2.21. The molecule has 0 spiro atoms. The van der Waals surface area contributed by atoms with E-state index < -0.39 is 0 Å². The molecule has 1 unspecified atom stereocenters. The van der Waals surface area contributed by atoms with Gasteiger partial charge in [-0.15, -0.1) is 0 Å². The first-order chi connectivity index (χ1) is 9.25. The lowest BCUT2D eigenvalue weighted by atomic mass is 9.93. The van der Waals surface area contributed by atoms with Crippen molar-refractivity contribution in [3.63, 3.8) is 0 Å². The van der Waals surface area contributed by atoms with Crippen molar-refractivity contribution in [1.29, 1.82) is 0 Å². The maximum absolute atomic E-state index is 6.16. The van der Waals surface area contributed by atoms with Gasteiger partial charge in [0.05, 0.1) is 6.20 Å². The number of aryl methyl sites for hydroxylation is 3. The first-order valence-corrected chi connectivity index (χ1v) is 7.18. The Bertz CT molecular complexity index is 552. The Balaban J connectivity index is 1.63. The third-order valence-corrected chi connectivity index (χ3v) is 4.22. The summed E-state index contributed by atoms with van der Waals surface area (Å²) in [6.45, 7) is 3.16. The lowest BCUT2D eigenvalue weighted by Crippen LogP contribution is -2.18. The van der Waals surface area contributed by atoms with Crippen molar-refractivity contribution < 1.29 is 0 Å². The van der Waals surface area contributed by atoms with Crippen molar-refractivity contribution >= 4 is 0 Å². The van der Waals surface area contributed by atoms with Gasteiger partial charge in [0.1, 0.15) is 0 Å². The molecule has 19 heavy (non-hydrogen) atoms. The van der Waals surface area contributed by atoms with E-state index in [4.69, 9.17) is 5.73 Å². The number of fused-ring (bicyclic) bond motifs is 1. The summed E-state index contributed by atoms with van der Waals surface area (Å²) in [7, 11) is 0. The topological polar surface area (TPSA) is 59.6 Å². The van der Waals surface area contributed by atoms with Crippen molar-refractivity contribution in [1.82, 2.24) is 14.8 Å². The molecule has 0 radical (unpaired) electrons. The molecule has 0 aliphatic heterocycles. The highest BCUT2D eigenvalue weighted by Gasteiger charge is 2.19. The minimum atomic E-state index is 0.251. The number of H-pyrrole nitrogens is 1. The van der Waals surface area contributed by atoms with E-state index in [0.29, 0.717) is 0 Å². The fourth-order valence-electron chi connectivity index (χ4n) is 3.07. The van der Waals surface area contributed by atoms with Crippen molar-refractivity contribution in [2.45, 2.75) is 51.6 Å². The van der Waals surface area contributed by atoms with Gasteiger partial charge in [0.15, 0.2) is 0 Å². The van der Waals surface area contributed by atoms with Gasteiger partial charge in [0, 0.05) is 30.2 Å². The van der Waals surface area contributed by atoms with Crippen LogP contribution >= 0.6 is 0 Å². The minimum absolute atomic E-state index is 0.251. The van der Waals surface area contributed by atoms with Gasteiger partial charge in [-0.2, -0.15) is 5.10 Å². The average molecular weight is 258 g/mol. The average Bonchev–Trinajstić information content (AvgIpc) is 2.98. The molecule has 0 saturated carbocycles. The number of nitrogens with zero attached hydrogens (tertiary/aromatic N) is 2. The smallest absolute Gasteiger partial charge is 0.0522 e. The summed E-state index contributed by atoms with van der Waals surface area (Å²) in [5.41, 5.74) is 11.5. The summed E-state index contributed by atoms with van der Waals surface area (Å²) in [5, 5.41) is 7.06. The molecule has 0 amide bonds. The van der Waals surface area contributed by atoms with Gasteiger partial charge in [-0.05, 0) is 56.2 Å². The molecular formula is C15H22N4. The Labute approximate surface area is 114 Å². The van der Waals surface area contributed by atoms with Gasteiger partial charge in [0.25, 0.3) is 0 Å². The molecular weight excluding hydrogens is 236 g/mol. The van der Waals surface area contributed by atoms with E-state index in [2.05, 4.69) is 34.0 Å². The summed E-state index contributed by atoms with van der Waals surface area (Å²) < 4.78 is 2.39. The maximum Gasteiger partial charge on any atom is 0.0522 e. The zero-order chi connectivity index (χ0) is 13.2. The van der Waals surface area contributed by atoms with Gasteiger partial charge < -0.3 is 10.3 Å². The molecule has 1 aliphatic carbocycles. The second kappa shape index (κ2) is 5.21. The Kier molecular flexibility index (Phi) is 3.42. The van der Waals surface area contributed by atoms with Gasteiger partial charge in [-0.1, -0.05) is 0 Å². The number of aromatic amines is 1. The Morgan fingerprint density at radius 1 is 1.53 bits per heavy atom. The Hall–Kier alpha value is -1.55. The number of hydrogen-bond donors (Lipinski definition) is 2. The van der Waals surface area contributed by atoms with Crippen molar-refractivity contribution in [2.24, 2.45) is 5.73 Å². The van der Waals surface area contributed by atoms with E-state index >= 15 is 0 Å². The Morgan fingerprint density at radius 2 is 2.42 bits per heavy atom. The fourth-order valence-corrected chi connectivity index (χ4v) is 3.07. The monoisotopic (exact) mass is 258 g/mol. The van der Waals surface area contributed by atoms with Crippen LogP contribution in [0.5, 0.6) is 0 Å². The minimum Gasteiger partial charge on any atom is -0.351 e. The van der Waals surface area contributed by atoms with Gasteiger partial charge in [-0.3, -0.25) is 5.10 Å². The summed E-state index contributed by atoms with van der Waals surface area (Å²) in [4.78, 5) is 0. The van der Waals surface area contributed by atoms with Crippen LogP contribution in [0.25, 0.3) is 0 Å².